The summed E-state index contributed by atoms with van der Waals surface area (Å²) in [6.07, 6.45) is 1.90. The summed E-state index contributed by atoms with van der Waals surface area (Å²) in [4.78, 5) is 9.34. The molecule has 7 heteroatoms. The van der Waals surface area contributed by atoms with Crippen molar-refractivity contribution in [3.63, 3.8) is 0 Å². The summed E-state index contributed by atoms with van der Waals surface area (Å²) in [6.45, 7) is 26.4. The monoisotopic (exact) mass is 1040 g/mol. The zero-order chi connectivity index (χ0) is 45.2. The van der Waals surface area contributed by atoms with Gasteiger partial charge in [-0.3, -0.25) is 0 Å². The van der Waals surface area contributed by atoms with Gasteiger partial charge in [0.05, 0.1) is 0 Å². The fourth-order valence-corrected chi connectivity index (χ4v) is 9.32. The van der Waals surface area contributed by atoms with Crippen LogP contribution in [0.5, 0.6) is 11.5 Å². The van der Waals surface area contributed by atoms with Crippen LogP contribution < -0.4 is 14.5 Å². The molecular weight excluding hydrogens is 983 g/mol. The molecule has 0 saturated carbocycles. The first-order valence-electron chi connectivity index (χ1n) is 22.8. The van der Waals surface area contributed by atoms with E-state index in [1.54, 1.807) is 12.1 Å². The molecule has 0 spiro atoms. The molecule has 8 aromatic rings. The number of para-hydroxylation sites is 3. The second-order valence-electron chi connectivity index (χ2n) is 19.5. The van der Waals surface area contributed by atoms with Crippen LogP contribution in [0.4, 0.5) is 27.1 Å². The summed E-state index contributed by atoms with van der Waals surface area (Å²) in [5.74, 6) is 2.54. The van der Waals surface area contributed by atoms with Crippen LogP contribution in [0.15, 0.2) is 121 Å². The smallest absolute Gasteiger partial charge is 0.135 e. The molecule has 0 radical (unpaired) electrons. The Morgan fingerprint density at radius 3 is 1.86 bits per heavy atom. The molecule has 0 fully saturated rings. The second kappa shape index (κ2) is 17.9. The molecule has 65 heavy (non-hydrogen) atoms. The molecule has 0 saturated heterocycles. The third kappa shape index (κ3) is 8.51. The molecule has 3 heterocycles. The Bertz CT molecular complexity index is 2990. The summed E-state index contributed by atoms with van der Waals surface area (Å²) >= 11 is 0. The van der Waals surface area contributed by atoms with E-state index in [-0.39, 0.29) is 56.0 Å². The average molecular weight is 1040 g/mol. The van der Waals surface area contributed by atoms with Crippen molar-refractivity contribution in [1.29, 1.82) is 0 Å². The largest absolute Gasteiger partial charge is 0.509 e. The van der Waals surface area contributed by atoms with Crippen LogP contribution in [-0.2, 0) is 26.5 Å². The molecule has 0 atom stereocenters. The van der Waals surface area contributed by atoms with E-state index in [1.807, 2.05) is 12.3 Å². The molecule has 6 aromatic carbocycles. The van der Waals surface area contributed by atoms with Gasteiger partial charge < -0.3 is 19.1 Å². The van der Waals surface area contributed by atoms with Crippen LogP contribution in [-0.4, -0.2) is 9.55 Å². The zero-order valence-corrected chi connectivity index (χ0v) is 41.6. The number of ether oxygens (including phenoxy) is 1. The molecule has 0 bridgehead atoms. The Morgan fingerprint density at radius 1 is 0.615 bits per heavy atom. The minimum atomic E-state index is -0.210. The number of anilines is 4. The van der Waals surface area contributed by atoms with Gasteiger partial charge >= 0.3 is 0 Å². The van der Waals surface area contributed by atoms with Crippen molar-refractivity contribution < 1.29 is 30.2 Å². The van der Waals surface area contributed by atoms with Crippen LogP contribution in [0.25, 0.3) is 38.8 Å². The quantitative estimate of drug-likeness (QED) is 0.128. The van der Waals surface area contributed by atoms with Gasteiger partial charge in [-0.15, -0.1) is 53.6 Å². The standard InChI is InChI=1S/C58H58FN4O.Pt/c1-35(2)45-18-16-19-46(36(3)4)56(45)39-27-42(61-34-62(53-22-15-14-21-52(53)61)57-49(37(5)6)30-41(59)31-50(57)38(7)8)32-44(28-39)64-43-23-24-48-47-17-12-13-20-51(47)63(54(48)33-43)55-29-40(25-26-60-55)58(9,10)11;/h12-31,34-38H,1-11H3;/q-3;. The Balaban J connectivity index is 0.00000576. The maximum absolute atomic E-state index is 15.3. The van der Waals surface area contributed by atoms with Crippen LogP contribution in [0.1, 0.15) is 128 Å². The van der Waals surface area contributed by atoms with Crippen molar-refractivity contribution in [2.45, 2.75) is 105 Å². The predicted molar refractivity (Wildman–Crippen MR) is 265 cm³/mol. The Labute approximate surface area is 399 Å². The van der Waals surface area contributed by atoms with Crippen molar-refractivity contribution in [3.8, 4) is 28.4 Å². The topological polar surface area (TPSA) is 33.5 Å². The Morgan fingerprint density at radius 2 is 1.23 bits per heavy atom. The first kappa shape index (κ1) is 45.8. The number of nitrogens with zero attached hydrogens (tertiary/aromatic N) is 4. The van der Waals surface area contributed by atoms with E-state index in [4.69, 9.17) is 9.72 Å². The van der Waals surface area contributed by atoms with Gasteiger partial charge in [-0.25, -0.2) is 9.37 Å². The normalized spacial score (nSPS) is 12.9. The molecule has 0 N–H and O–H groups in total. The third-order valence-corrected chi connectivity index (χ3v) is 12.6. The van der Waals surface area contributed by atoms with Gasteiger partial charge in [0.1, 0.15) is 11.6 Å². The van der Waals surface area contributed by atoms with Gasteiger partial charge in [-0.1, -0.05) is 130 Å². The maximum atomic E-state index is 15.3. The van der Waals surface area contributed by atoms with Crippen molar-refractivity contribution in [2.24, 2.45) is 0 Å². The third-order valence-electron chi connectivity index (χ3n) is 12.6. The average Bonchev–Trinajstić information content (AvgIpc) is 3.81. The van der Waals surface area contributed by atoms with E-state index in [0.717, 1.165) is 67.1 Å². The molecule has 336 valence electrons. The maximum Gasteiger partial charge on any atom is 0.135 e. The summed E-state index contributed by atoms with van der Waals surface area (Å²) in [5.41, 5.74) is 13.7. The van der Waals surface area contributed by atoms with E-state index in [1.165, 1.54) is 22.3 Å². The van der Waals surface area contributed by atoms with Crippen molar-refractivity contribution >= 4 is 44.6 Å². The van der Waals surface area contributed by atoms with E-state index in [2.05, 4.69) is 206 Å². The van der Waals surface area contributed by atoms with Crippen LogP contribution >= 0.6 is 0 Å². The molecule has 0 unspecified atom stereocenters. The van der Waals surface area contributed by atoms with E-state index in [9.17, 15) is 0 Å². The van der Waals surface area contributed by atoms with Gasteiger partial charge in [-0.05, 0) is 110 Å². The van der Waals surface area contributed by atoms with Crippen LogP contribution in [0.2, 0.25) is 0 Å². The molecular formula is C58H58FN4OPt-3. The minimum absolute atomic E-state index is 0. The number of hydrogen-bond donors (Lipinski definition) is 0. The number of rotatable bonds is 10. The molecule has 1 aliphatic heterocycles. The number of hydrogen-bond acceptors (Lipinski definition) is 4. The number of fused-ring (bicyclic) bond motifs is 4. The summed E-state index contributed by atoms with van der Waals surface area (Å²) in [5, 5.41) is 2.20. The Hall–Kier alpha value is -5.71. The predicted octanol–water partition coefficient (Wildman–Crippen LogP) is 16.6. The fourth-order valence-electron chi connectivity index (χ4n) is 9.32. The van der Waals surface area contributed by atoms with Gasteiger partial charge in [0.15, 0.2) is 0 Å². The summed E-state index contributed by atoms with van der Waals surface area (Å²) in [6, 6.07) is 47.2. The molecule has 2 aromatic heterocycles. The summed E-state index contributed by atoms with van der Waals surface area (Å²) in [7, 11) is 0. The number of halogens is 1. The number of pyridine rings is 1. The first-order chi connectivity index (χ1) is 30.6. The zero-order valence-electron chi connectivity index (χ0n) is 39.3. The van der Waals surface area contributed by atoms with Gasteiger partial charge in [0, 0.05) is 61.3 Å². The fraction of sp³-hybridized carbons (Fsp3) is 0.276. The van der Waals surface area contributed by atoms with Crippen LogP contribution in [0, 0.1) is 24.6 Å². The molecule has 1 aliphatic rings. The van der Waals surface area contributed by atoms with Crippen LogP contribution in [0.3, 0.4) is 0 Å². The van der Waals surface area contributed by atoms with E-state index in [0.29, 0.717) is 11.5 Å². The number of benzene rings is 6. The van der Waals surface area contributed by atoms with Crippen molar-refractivity contribution in [1.82, 2.24) is 9.55 Å². The molecule has 5 nitrogen and oxygen atoms in total. The molecule has 9 rings (SSSR count). The van der Waals surface area contributed by atoms with E-state index >= 15 is 4.39 Å². The van der Waals surface area contributed by atoms with Gasteiger partial charge in [-0.2, -0.15) is 6.07 Å². The van der Waals surface area contributed by atoms with Gasteiger partial charge in [0.25, 0.3) is 0 Å². The Kier molecular flexibility index (Phi) is 12.6. The van der Waals surface area contributed by atoms with Crippen molar-refractivity contribution in [3.05, 3.63) is 174 Å². The SMILES string of the molecule is CC(C)c1cccc(C(C)C)c1-c1cc(Oc2[c-]c3c(cc2)c2ccccc2n3-c2cc(C(C)(C)C)ccn2)[c-]c(N2[CH-]N(c3c(C(C)C)cc(F)cc3C(C)C)c3ccccc32)c1.[Pt]. The summed E-state index contributed by atoms with van der Waals surface area (Å²) < 4.78 is 24.5. The molecule has 0 aliphatic carbocycles. The number of aromatic nitrogens is 2. The molecule has 0 amide bonds. The van der Waals surface area contributed by atoms with Gasteiger partial charge in [0.2, 0.25) is 0 Å². The minimum Gasteiger partial charge on any atom is -0.509 e. The van der Waals surface area contributed by atoms with E-state index < -0.39 is 0 Å². The first-order valence-corrected chi connectivity index (χ1v) is 22.8. The second-order valence-corrected chi connectivity index (χ2v) is 19.5. The van der Waals surface area contributed by atoms with Crippen molar-refractivity contribution in [2.75, 3.05) is 9.80 Å².